The zero-order valence-electron chi connectivity index (χ0n) is 16.1. The van der Waals surface area contributed by atoms with Crippen molar-refractivity contribution in [1.82, 2.24) is 4.90 Å². The minimum atomic E-state index is -0.0153. The molecule has 3 rings (SSSR count). The Hall–Kier alpha value is -2.95. The number of anilines is 1. The van der Waals surface area contributed by atoms with Gasteiger partial charge in [0.1, 0.15) is 0 Å². The summed E-state index contributed by atoms with van der Waals surface area (Å²) in [5.74, 6) is -0.0153. The summed E-state index contributed by atoms with van der Waals surface area (Å²) in [7, 11) is 0. The molecule has 0 unspecified atom stereocenters. The molecular formula is C24H27N3O. The molecule has 3 aromatic carbocycles. The van der Waals surface area contributed by atoms with Crippen molar-refractivity contribution >= 4 is 11.6 Å². The Bertz CT molecular complexity index is 807. The lowest BCUT2D eigenvalue weighted by atomic mass is 10.1. The van der Waals surface area contributed by atoms with E-state index in [-0.39, 0.29) is 5.91 Å². The maximum absolute atomic E-state index is 12.6. The van der Waals surface area contributed by atoms with Crippen molar-refractivity contribution < 1.29 is 4.79 Å². The Morgan fingerprint density at radius 2 is 1.29 bits per heavy atom. The van der Waals surface area contributed by atoms with E-state index in [0.717, 1.165) is 25.2 Å². The van der Waals surface area contributed by atoms with E-state index < -0.39 is 0 Å². The molecule has 3 N–H and O–H groups in total. The fourth-order valence-corrected chi connectivity index (χ4v) is 3.18. The Morgan fingerprint density at radius 3 is 1.79 bits per heavy atom. The summed E-state index contributed by atoms with van der Waals surface area (Å²) in [6, 6.07) is 28.4. The van der Waals surface area contributed by atoms with E-state index in [1.165, 1.54) is 16.7 Å². The second-order valence-corrected chi connectivity index (χ2v) is 6.90. The van der Waals surface area contributed by atoms with Gasteiger partial charge in [-0.1, -0.05) is 72.8 Å². The number of benzene rings is 3. The first-order valence-corrected chi connectivity index (χ1v) is 9.62. The zero-order chi connectivity index (χ0) is 19.6. The predicted molar refractivity (Wildman–Crippen MR) is 115 cm³/mol. The van der Waals surface area contributed by atoms with Gasteiger partial charge in [-0.05, 0) is 41.8 Å². The van der Waals surface area contributed by atoms with Gasteiger partial charge in [-0.25, -0.2) is 0 Å². The van der Waals surface area contributed by atoms with Crippen molar-refractivity contribution in [3.63, 3.8) is 0 Å². The Balaban J connectivity index is 1.64. The summed E-state index contributed by atoms with van der Waals surface area (Å²) in [5, 5.41) is 3.00. The molecule has 0 aliphatic heterocycles. The molecule has 0 aliphatic rings. The second kappa shape index (κ2) is 10.4. The van der Waals surface area contributed by atoms with Crippen molar-refractivity contribution in [2.45, 2.75) is 19.5 Å². The molecule has 4 nitrogen and oxygen atoms in total. The lowest BCUT2D eigenvalue weighted by Gasteiger charge is -2.22. The van der Waals surface area contributed by atoms with E-state index in [1.54, 1.807) is 0 Å². The molecule has 0 fully saturated rings. The third kappa shape index (κ3) is 6.34. The molecule has 0 spiro atoms. The number of hydrogen-bond acceptors (Lipinski definition) is 3. The van der Waals surface area contributed by atoms with Gasteiger partial charge < -0.3 is 11.1 Å². The van der Waals surface area contributed by atoms with E-state index >= 15 is 0 Å². The van der Waals surface area contributed by atoms with Crippen LogP contribution in [0.5, 0.6) is 0 Å². The molecule has 3 aromatic rings. The quantitative estimate of drug-likeness (QED) is 0.599. The second-order valence-electron chi connectivity index (χ2n) is 6.90. The zero-order valence-corrected chi connectivity index (χ0v) is 16.1. The summed E-state index contributed by atoms with van der Waals surface area (Å²) in [4.78, 5) is 14.8. The van der Waals surface area contributed by atoms with Gasteiger partial charge in [0.05, 0.1) is 6.54 Å². The SMILES string of the molecule is NCCc1ccc(NC(=O)CN(Cc2ccccc2)Cc2ccccc2)cc1. The first-order chi connectivity index (χ1) is 13.7. The van der Waals surface area contributed by atoms with Crippen LogP contribution in [-0.4, -0.2) is 23.9 Å². The van der Waals surface area contributed by atoms with Crippen LogP contribution in [0.4, 0.5) is 5.69 Å². The molecule has 0 aromatic heterocycles. The number of nitrogens with two attached hydrogens (primary N) is 1. The van der Waals surface area contributed by atoms with E-state index in [4.69, 9.17) is 5.73 Å². The van der Waals surface area contributed by atoms with Crippen LogP contribution in [0.3, 0.4) is 0 Å². The molecule has 144 valence electrons. The monoisotopic (exact) mass is 373 g/mol. The Kier molecular flexibility index (Phi) is 7.36. The molecule has 28 heavy (non-hydrogen) atoms. The van der Waals surface area contributed by atoms with Gasteiger partial charge >= 0.3 is 0 Å². The van der Waals surface area contributed by atoms with Gasteiger partial charge in [0.25, 0.3) is 0 Å². The Morgan fingerprint density at radius 1 is 0.750 bits per heavy atom. The average Bonchev–Trinajstić information content (AvgIpc) is 2.71. The minimum absolute atomic E-state index is 0.0153. The highest BCUT2D eigenvalue weighted by Gasteiger charge is 2.12. The van der Waals surface area contributed by atoms with Gasteiger partial charge in [-0.2, -0.15) is 0 Å². The third-order valence-corrected chi connectivity index (χ3v) is 4.54. The molecule has 0 bridgehead atoms. The number of amides is 1. The maximum atomic E-state index is 12.6. The van der Waals surface area contributed by atoms with E-state index in [9.17, 15) is 4.79 Å². The number of hydrogen-bond donors (Lipinski definition) is 2. The Labute approximate surface area is 167 Å². The van der Waals surface area contributed by atoms with Crippen molar-refractivity contribution in [1.29, 1.82) is 0 Å². The van der Waals surface area contributed by atoms with E-state index in [2.05, 4.69) is 34.5 Å². The highest BCUT2D eigenvalue weighted by Crippen LogP contribution is 2.12. The van der Waals surface area contributed by atoms with Crippen LogP contribution in [0.2, 0.25) is 0 Å². The van der Waals surface area contributed by atoms with Crippen molar-refractivity contribution in [3.8, 4) is 0 Å². The molecule has 0 atom stereocenters. The number of carbonyl (C=O) groups excluding carboxylic acids is 1. The van der Waals surface area contributed by atoms with E-state index in [1.807, 2.05) is 60.7 Å². The highest BCUT2D eigenvalue weighted by atomic mass is 16.2. The standard InChI is InChI=1S/C24H27N3O/c25-16-15-20-11-13-23(14-12-20)26-24(28)19-27(17-21-7-3-1-4-8-21)18-22-9-5-2-6-10-22/h1-14H,15-19,25H2,(H,26,28). The van der Waals surface area contributed by atoms with Gasteiger partial charge in [-0.15, -0.1) is 0 Å². The molecule has 0 heterocycles. The lowest BCUT2D eigenvalue weighted by Crippen LogP contribution is -2.32. The van der Waals surface area contributed by atoms with Crippen LogP contribution in [0.15, 0.2) is 84.9 Å². The largest absolute Gasteiger partial charge is 0.330 e. The summed E-state index contributed by atoms with van der Waals surface area (Å²) >= 11 is 0. The van der Waals surface area contributed by atoms with Gasteiger partial charge in [0.15, 0.2) is 0 Å². The minimum Gasteiger partial charge on any atom is -0.330 e. The van der Waals surface area contributed by atoms with Crippen LogP contribution >= 0.6 is 0 Å². The van der Waals surface area contributed by atoms with Crippen LogP contribution in [0.1, 0.15) is 16.7 Å². The van der Waals surface area contributed by atoms with Crippen LogP contribution in [-0.2, 0) is 24.3 Å². The predicted octanol–water partition coefficient (Wildman–Crippen LogP) is 3.83. The fraction of sp³-hybridized carbons (Fsp3) is 0.208. The normalized spacial score (nSPS) is 10.8. The smallest absolute Gasteiger partial charge is 0.238 e. The molecule has 0 saturated heterocycles. The third-order valence-electron chi connectivity index (χ3n) is 4.54. The van der Waals surface area contributed by atoms with Crippen molar-refractivity contribution in [2.24, 2.45) is 5.73 Å². The first-order valence-electron chi connectivity index (χ1n) is 9.62. The van der Waals surface area contributed by atoms with Gasteiger partial charge in [0, 0.05) is 18.8 Å². The molecule has 0 saturated carbocycles. The maximum Gasteiger partial charge on any atom is 0.238 e. The van der Waals surface area contributed by atoms with Gasteiger partial charge in [-0.3, -0.25) is 9.69 Å². The highest BCUT2D eigenvalue weighted by molar-refractivity contribution is 5.92. The molecule has 0 aliphatic carbocycles. The van der Waals surface area contributed by atoms with Crippen LogP contribution in [0.25, 0.3) is 0 Å². The molecule has 1 amide bonds. The fourth-order valence-electron chi connectivity index (χ4n) is 3.18. The number of nitrogens with zero attached hydrogens (tertiary/aromatic N) is 1. The molecule has 4 heteroatoms. The number of rotatable bonds is 9. The summed E-state index contributed by atoms with van der Waals surface area (Å²) in [6.07, 6.45) is 0.843. The van der Waals surface area contributed by atoms with Gasteiger partial charge in [0.2, 0.25) is 5.91 Å². The topological polar surface area (TPSA) is 58.4 Å². The number of carbonyl (C=O) groups is 1. The first kappa shape index (κ1) is 19.8. The van der Waals surface area contributed by atoms with Crippen molar-refractivity contribution in [2.75, 3.05) is 18.4 Å². The van der Waals surface area contributed by atoms with Crippen molar-refractivity contribution in [3.05, 3.63) is 102 Å². The lowest BCUT2D eigenvalue weighted by molar-refractivity contribution is -0.117. The summed E-state index contributed by atoms with van der Waals surface area (Å²) < 4.78 is 0. The average molecular weight is 374 g/mol. The van der Waals surface area contributed by atoms with E-state index in [0.29, 0.717) is 13.1 Å². The molecule has 0 radical (unpaired) electrons. The summed E-state index contributed by atoms with van der Waals surface area (Å²) in [6.45, 7) is 2.39. The van der Waals surface area contributed by atoms with Crippen LogP contribution in [0, 0.1) is 0 Å². The van der Waals surface area contributed by atoms with Crippen LogP contribution < -0.4 is 11.1 Å². The number of nitrogens with one attached hydrogen (secondary N) is 1. The summed E-state index contributed by atoms with van der Waals surface area (Å²) in [5.41, 5.74) is 9.96. The molecular weight excluding hydrogens is 346 g/mol.